The van der Waals surface area contributed by atoms with Gasteiger partial charge >= 0.3 is 0 Å². The molecule has 1 unspecified atom stereocenters. The zero-order valence-corrected chi connectivity index (χ0v) is 9.58. The van der Waals surface area contributed by atoms with Crippen LogP contribution < -0.4 is 5.32 Å². The molecule has 0 radical (unpaired) electrons. The first-order valence-electron chi connectivity index (χ1n) is 5.66. The number of likely N-dealkylation sites (N-methyl/N-ethyl adjacent to an activating group) is 1. The van der Waals surface area contributed by atoms with Crippen molar-refractivity contribution in [3.63, 3.8) is 0 Å². The molecule has 0 bridgehead atoms. The number of carbonyl (C=O) groups is 2. The van der Waals surface area contributed by atoms with Crippen molar-refractivity contribution < 1.29 is 9.59 Å². The summed E-state index contributed by atoms with van der Waals surface area (Å²) in [7, 11) is 1.65. The van der Waals surface area contributed by atoms with Gasteiger partial charge in [0.15, 0.2) is 0 Å². The molecular formula is C11H20N2O2. The fourth-order valence-corrected chi connectivity index (χ4v) is 1.98. The lowest BCUT2D eigenvalue weighted by atomic mass is 10.0. The van der Waals surface area contributed by atoms with Gasteiger partial charge in [0, 0.05) is 13.5 Å². The number of Topliss-reactive ketones (excluding diaryl/α,β-unsaturated/α-hetero) is 1. The molecule has 1 aliphatic rings. The monoisotopic (exact) mass is 212 g/mol. The Morgan fingerprint density at radius 1 is 1.40 bits per heavy atom. The number of rotatable bonds is 4. The van der Waals surface area contributed by atoms with Gasteiger partial charge in [-0.1, -0.05) is 13.3 Å². The van der Waals surface area contributed by atoms with Gasteiger partial charge < -0.3 is 5.32 Å². The summed E-state index contributed by atoms with van der Waals surface area (Å²) in [6.07, 6.45) is 3.59. The Hall–Kier alpha value is -0.900. The van der Waals surface area contributed by atoms with Crippen LogP contribution in [-0.4, -0.2) is 42.8 Å². The molecule has 0 aromatic heterocycles. The second-order valence-electron chi connectivity index (χ2n) is 3.99. The molecule has 4 nitrogen and oxygen atoms in total. The Balaban J connectivity index is 2.57. The number of likely N-dealkylation sites (tertiary alicyclic amines) is 1. The first-order valence-corrected chi connectivity index (χ1v) is 5.66. The van der Waals surface area contributed by atoms with Crippen molar-refractivity contribution in [1.82, 2.24) is 10.2 Å². The van der Waals surface area contributed by atoms with Crippen LogP contribution in [0.15, 0.2) is 0 Å². The summed E-state index contributed by atoms with van der Waals surface area (Å²) < 4.78 is 0. The summed E-state index contributed by atoms with van der Waals surface area (Å²) >= 11 is 0. The van der Waals surface area contributed by atoms with Crippen molar-refractivity contribution in [1.29, 1.82) is 0 Å². The Morgan fingerprint density at radius 3 is 2.73 bits per heavy atom. The third-order valence-electron chi connectivity index (χ3n) is 2.94. The zero-order valence-electron chi connectivity index (χ0n) is 9.58. The molecule has 15 heavy (non-hydrogen) atoms. The summed E-state index contributed by atoms with van der Waals surface area (Å²) in [5.74, 6) is 0.254. The van der Waals surface area contributed by atoms with Gasteiger partial charge in [0.1, 0.15) is 5.78 Å². The summed E-state index contributed by atoms with van der Waals surface area (Å²) in [5, 5.41) is 2.66. The predicted molar refractivity (Wildman–Crippen MR) is 58.6 cm³/mol. The zero-order chi connectivity index (χ0) is 11.3. The normalized spacial score (nSPS) is 22.4. The second kappa shape index (κ2) is 5.85. The van der Waals surface area contributed by atoms with Gasteiger partial charge in [0.05, 0.1) is 12.6 Å². The van der Waals surface area contributed by atoms with Crippen LogP contribution in [0.2, 0.25) is 0 Å². The lowest BCUT2D eigenvalue weighted by molar-refractivity contribution is -0.129. The van der Waals surface area contributed by atoms with Crippen molar-refractivity contribution in [2.75, 3.05) is 20.1 Å². The van der Waals surface area contributed by atoms with Gasteiger partial charge in [-0.15, -0.1) is 0 Å². The van der Waals surface area contributed by atoms with Gasteiger partial charge in [-0.3, -0.25) is 14.5 Å². The van der Waals surface area contributed by atoms with E-state index in [0.717, 1.165) is 25.8 Å². The first kappa shape index (κ1) is 12.2. The molecule has 0 spiro atoms. The van der Waals surface area contributed by atoms with Crippen molar-refractivity contribution in [3.8, 4) is 0 Å². The Kier molecular flexibility index (Phi) is 4.75. The van der Waals surface area contributed by atoms with E-state index in [9.17, 15) is 9.59 Å². The van der Waals surface area contributed by atoms with Crippen LogP contribution in [0.4, 0.5) is 0 Å². The lowest BCUT2D eigenvalue weighted by Gasteiger charge is -2.33. The van der Waals surface area contributed by atoms with Crippen LogP contribution in [0.25, 0.3) is 0 Å². The highest BCUT2D eigenvalue weighted by atomic mass is 16.2. The SMILES string of the molecule is CCC(=O)CN1CCCCC1C(=O)NC. The maximum Gasteiger partial charge on any atom is 0.237 e. The van der Waals surface area contributed by atoms with Crippen LogP contribution in [-0.2, 0) is 9.59 Å². The van der Waals surface area contributed by atoms with E-state index in [2.05, 4.69) is 5.32 Å². The van der Waals surface area contributed by atoms with Crippen LogP contribution >= 0.6 is 0 Å². The summed E-state index contributed by atoms with van der Waals surface area (Å²) in [6, 6.07) is -0.0979. The highest BCUT2D eigenvalue weighted by molar-refractivity contribution is 5.84. The van der Waals surface area contributed by atoms with E-state index in [1.807, 2.05) is 11.8 Å². The fraction of sp³-hybridized carbons (Fsp3) is 0.818. The van der Waals surface area contributed by atoms with Gasteiger partial charge in [-0.2, -0.15) is 0 Å². The molecule has 1 fully saturated rings. The quantitative estimate of drug-likeness (QED) is 0.741. The molecule has 1 atom stereocenters. The molecule has 1 N–H and O–H groups in total. The number of nitrogens with one attached hydrogen (secondary N) is 1. The highest BCUT2D eigenvalue weighted by Crippen LogP contribution is 2.16. The summed E-state index contributed by atoms with van der Waals surface area (Å²) in [4.78, 5) is 25.0. The average molecular weight is 212 g/mol. The first-order chi connectivity index (χ1) is 7.19. The highest BCUT2D eigenvalue weighted by Gasteiger charge is 2.28. The van der Waals surface area contributed by atoms with Gasteiger partial charge in [0.2, 0.25) is 5.91 Å². The molecule has 1 heterocycles. The summed E-state index contributed by atoms with van der Waals surface area (Å²) in [5.41, 5.74) is 0. The lowest BCUT2D eigenvalue weighted by Crippen LogP contribution is -2.50. The van der Waals surface area contributed by atoms with Crippen molar-refractivity contribution in [3.05, 3.63) is 0 Å². The number of amides is 1. The number of ketones is 1. The Bertz CT molecular complexity index is 241. The third-order valence-corrected chi connectivity index (χ3v) is 2.94. The van der Waals surface area contributed by atoms with E-state index in [0.29, 0.717) is 13.0 Å². The smallest absolute Gasteiger partial charge is 0.237 e. The molecule has 0 aliphatic carbocycles. The number of piperidine rings is 1. The number of hydrogen-bond donors (Lipinski definition) is 1. The topological polar surface area (TPSA) is 49.4 Å². The van der Waals surface area contributed by atoms with E-state index >= 15 is 0 Å². The van der Waals surface area contributed by atoms with E-state index < -0.39 is 0 Å². The third kappa shape index (κ3) is 3.30. The van der Waals surface area contributed by atoms with Gasteiger partial charge in [0.25, 0.3) is 0 Å². The van der Waals surface area contributed by atoms with Crippen molar-refractivity contribution >= 4 is 11.7 Å². The standard InChI is InChI=1S/C11H20N2O2/c1-3-9(14)8-13-7-5-4-6-10(13)11(15)12-2/h10H,3-8H2,1-2H3,(H,12,15). The largest absolute Gasteiger partial charge is 0.358 e. The second-order valence-corrected chi connectivity index (χ2v) is 3.99. The molecule has 1 rings (SSSR count). The number of nitrogens with zero attached hydrogens (tertiary/aromatic N) is 1. The Morgan fingerprint density at radius 2 is 2.13 bits per heavy atom. The Labute approximate surface area is 91.0 Å². The molecule has 0 saturated carbocycles. The van der Waals surface area contributed by atoms with Crippen LogP contribution in [0.1, 0.15) is 32.6 Å². The van der Waals surface area contributed by atoms with Crippen LogP contribution in [0, 0.1) is 0 Å². The molecule has 1 amide bonds. The molecule has 4 heteroatoms. The molecule has 86 valence electrons. The van der Waals surface area contributed by atoms with E-state index in [4.69, 9.17) is 0 Å². The molecule has 0 aromatic carbocycles. The minimum Gasteiger partial charge on any atom is -0.358 e. The summed E-state index contributed by atoms with van der Waals surface area (Å²) in [6.45, 7) is 3.15. The molecular weight excluding hydrogens is 192 g/mol. The maximum atomic E-state index is 11.6. The van der Waals surface area contributed by atoms with E-state index in [1.54, 1.807) is 7.05 Å². The molecule has 1 saturated heterocycles. The van der Waals surface area contributed by atoms with E-state index in [1.165, 1.54) is 0 Å². The molecule has 1 aliphatic heterocycles. The van der Waals surface area contributed by atoms with Gasteiger partial charge in [-0.25, -0.2) is 0 Å². The number of hydrogen-bond acceptors (Lipinski definition) is 3. The van der Waals surface area contributed by atoms with Crippen LogP contribution in [0.5, 0.6) is 0 Å². The number of carbonyl (C=O) groups excluding carboxylic acids is 2. The predicted octanol–water partition coefficient (Wildman–Crippen LogP) is 0.566. The van der Waals surface area contributed by atoms with Gasteiger partial charge in [-0.05, 0) is 19.4 Å². The van der Waals surface area contributed by atoms with Crippen molar-refractivity contribution in [2.24, 2.45) is 0 Å². The minimum atomic E-state index is -0.0979. The fourth-order valence-electron chi connectivity index (χ4n) is 1.98. The average Bonchev–Trinajstić information content (AvgIpc) is 2.28. The van der Waals surface area contributed by atoms with E-state index in [-0.39, 0.29) is 17.7 Å². The minimum absolute atomic E-state index is 0.0404. The maximum absolute atomic E-state index is 11.6. The molecule has 0 aromatic rings. The van der Waals surface area contributed by atoms with Crippen LogP contribution in [0.3, 0.4) is 0 Å². The van der Waals surface area contributed by atoms with Crippen molar-refractivity contribution in [2.45, 2.75) is 38.6 Å².